The highest BCUT2D eigenvalue weighted by Gasteiger charge is 2.46. The maximum Gasteiger partial charge on any atom is 0.334 e. The second-order valence-corrected chi connectivity index (χ2v) is 4.37. The first-order valence-corrected chi connectivity index (χ1v) is 5.57. The minimum absolute atomic E-state index is 0.238. The van der Waals surface area contributed by atoms with Crippen LogP contribution < -0.4 is 0 Å². The Morgan fingerprint density at radius 1 is 1.25 bits per heavy atom. The second kappa shape index (κ2) is 4.28. The predicted octanol–water partition coefficient (Wildman–Crippen LogP) is 1.30. The van der Waals surface area contributed by atoms with Crippen LogP contribution in [0.1, 0.15) is 19.3 Å². The lowest BCUT2D eigenvalue weighted by Gasteiger charge is -2.18. The molecule has 0 saturated heterocycles. The molecule has 0 aromatic heterocycles. The molecule has 3 atom stereocenters. The third kappa shape index (κ3) is 1.62. The van der Waals surface area contributed by atoms with E-state index in [-0.39, 0.29) is 11.9 Å². The summed E-state index contributed by atoms with van der Waals surface area (Å²) in [5.41, 5.74) is 0.490. The number of rotatable bonds is 2. The third-order valence-electron chi connectivity index (χ3n) is 3.66. The van der Waals surface area contributed by atoms with Gasteiger partial charge in [0.1, 0.15) is 0 Å². The van der Waals surface area contributed by atoms with E-state index >= 15 is 0 Å². The summed E-state index contributed by atoms with van der Waals surface area (Å²) >= 11 is 0. The summed E-state index contributed by atoms with van der Waals surface area (Å²) in [6.07, 6.45) is 5.07. The Labute approximate surface area is 94.6 Å². The highest BCUT2D eigenvalue weighted by molar-refractivity contribution is 5.96. The maximum absolute atomic E-state index is 11.7. The molecule has 0 radical (unpaired) electrons. The molecule has 1 fully saturated rings. The molecule has 2 rings (SSSR count). The molecular weight excluding hydrogens is 208 g/mol. The van der Waals surface area contributed by atoms with Crippen molar-refractivity contribution in [3.05, 3.63) is 11.6 Å². The monoisotopic (exact) mass is 224 g/mol. The summed E-state index contributed by atoms with van der Waals surface area (Å²) in [5, 5.41) is 0. The van der Waals surface area contributed by atoms with Gasteiger partial charge in [0.15, 0.2) is 0 Å². The summed E-state index contributed by atoms with van der Waals surface area (Å²) in [6.45, 7) is 0. The molecule has 0 bridgehead atoms. The van der Waals surface area contributed by atoms with E-state index < -0.39 is 11.9 Å². The van der Waals surface area contributed by atoms with Crippen LogP contribution in [0.3, 0.4) is 0 Å². The Balaban J connectivity index is 2.27. The fourth-order valence-electron chi connectivity index (χ4n) is 2.94. The zero-order valence-electron chi connectivity index (χ0n) is 9.56. The summed E-state index contributed by atoms with van der Waals surface area (Å²) in [6, 6.07) is 0. The average Bonchev–Trinajstić information content (AvgIpc) is 2.86. The van der Waals surface area contributed by atoms with E-state index in [0.29, 0.717) is 11.5 Å². The number of methoxy groups -OCH3 is 2. The Kier molecular flexibility index (Phi) is 2.99. The van der Waals surface area contributed by atoms with Gasteiger partial charge in [-0.15, -0.1) is 0 Å². The molecule has 16 heavy (non-hydrogen) atoms. The summed E-state index contributed by atoms with van der Waals surface area (Å²) in [5.74, 6) is -0.541. The molecule has 0 aliphatic heterocycles. The molecule has 1 saturated carbocycles. The van der Waals surface area contributed by atoms with Crippen LogP contribution in [0.2, 0.25) is 0 Å². The van der Waals surface area contributed by atoms with Crippen molar-refractivity contribution >= 4 is 11.9 Å². The number of ether oxygens (including phenoxy) is 2. The van der Waals surface area contributed by atoms with Crippen molar-refractivity contribution in [3.8, 4) is 0 Å². The van der Waals surface area contributed by atoms with Crippen LogP contribution >= 0.6 is 0 Å². The molecule has 0 heterocycles. The lowest BCUT2D eigenvalue weighted by atomic mass is 9.88. The van der Waals surface area contributed by atoms with Gasteiger partial charge in [-0.1, -0.05) is 12.5 Å². The van der Waals surface area contributed by atoms with Crippen molar-refractivity contribution in [1.29, 1.82) is 0 Å². The van der Waals surface area contributed by atoms with Gasteiger partial charge < -0.3 is 9.47 Å². The van der Waals surface area contributed by atoms with Gasteiger partial charge >= 0.3 is 11.9 Å². The minimum atomic E-state index is -0.412. The van der Waals surface area contributed by atoms with Crippen molar-refractivity contribution in [2.75, 3.05) is 14.2 Å². The first-order chi connectivity index (χ1) is 7.69. The first-order valence-electron chi connectivity index (χ1n) is 5.57. The average molecular weight is 224 g/mol. The molecule has 4 heteroatoms. The Bertz CT molecular complexity index is 345. The largest absolute Gasteiger partial charge is 0.469 e. The van der Waals surface area contributed by atoms with E-state index in [1.54, 1.807) is 0 Å². The van der Waals surface area contributed by atoms with Crippen LogP contribution in [-0.4, -0.2) is 26.2 Å². The Morgan fingerprint density at radius 3 is 2.62 bits per heavy atom. The third-order valence-corrected chi connectivity index (χ3v) is 3.66. The van der Waals surface area contributed by atoms with Gasteiger partial charge in [-0.25, -0.2) is 4.79 Å². The van der Waals surface area contributed by atoms with Gasteiger partial charge in [-0.2, -0.15) is 0 Å². The van der Waals surface area contributed by atoms with Gasteiger partial charge in [0, 0.05) is 5.57 Å². The number of allylic oxidation sites excluding steroid dienone is 1. The molecule has 2 aliphatic rings. The molecule has 0 aromatic carbocycles. The molecule has 0 N–H and O–H groups in total. The van der Waals surface area contributed by atoms with Gasteiger partial charge in [-0.05, 0) is 24.7 Å². The smallest absolute Gasteiger partial charge is 0.334 e. The molecular formula is C12H16O4. The SMILES string of the molecule is COC(=O)C1=C[C@H]2CCC[C@H]2[C@@H]1C(=O)OC. The number of fused-ring (bicyclic) bond motifs is 1. The van der Waals surface area contributed by atoms with E-state index in [0.717, 1.165) is 19.3 Å². The Hall–Kier alpha value is -1.32. The van der Waals surface area contributed by atoms with Crippen LogP contribution in [0.4, 0.5) is 0 Å². The van der Waals surface area contributed by atoms with E-state index in [1.807, 2.05) is 6.08 Å². The van der Waals surface area contributed by atoms with Gasteiger partial charge in [0.2, 0.25) is 0 Å². The zero-order valence-corrected chi connectivity index (χ0v) is 9.56. The number of carbonyl (C=O) groups is 2. The van der Waals surface area contributed by atoms with Crippen molar-refractivity contribution in [2.24, 2.45) is 17.8 Å². The molecule has 0 spiro atoms. The van der Waals surface area contributed by atoms with E-state index in [1.165, 1.54) is 14.2 Å². The van der Waals surface area contributed by atoms with Crippen LogP contribution in [0.25, 0.3) is 0 Å². The number of hydrogen-bond acceptors (Lipinski definition) is 4. The Morgan fingerprint density at radius 2 is 2.00 bits per heavy atom. The maximum atomic E-state index is 11.7. The molecule has 88 valence electrons. The molecule has 4 nitrogen and oxygen atoms in total. The number of esters is 2. The van der Waals surface area contributed by atoms with Crippen LogP contribution in [0.5, 0.6) is 0 Å². The van der Waals surface area contributed by atoms with E-state index in [4.69, 9.17) is 9.47 Å². The highest BCUT2D eigenvalue weighted by Crippen LogP contribution is 2.47. The van der Waals surface area contributed by atoms with Crippen molar-refractivity contribution in [3.63, 3.8) is 0 Å². The summed E-state index contributed by atoms with van der Waals surface area (Å²) in [4.78, 5) is 23.3. The van der Waals surface area contributed by atoms with E-state index in [9.17, 15) is 9.59 Å². The topological polar surface area (TPSA) is 52.6 Å². The summed E-state index contributed by atoms with van der Waals surface area (Å²) < 4.78 is 9.49. The van der Waals surface area contributed by atoms with Gasteiger partial charge in [0.25, 0.3) is 0 Å². The molecule has 0 aromatic rings. The van der Waals surface area contributed by atoms with E-state index in [2.05, 4.69) is 0 Å². The minimum Gasteiger partial charge on any atom is -0.469 e. The lowest BCUT2D eigenvalue weighted by molar-refractivity contribution is -0.148. The first kappa shape index (κ1) is 11.2. The predicted molar refractivity (Wildman–Crippen MR) is 56.4 cm³/mol. The van der Waals surface area contributed by atoms with Crippen molar-refractivity contribution < 1.29 is 19.1 Å². The fourth-order valence-corrected chi connectivity index (χ4v) is 2.94. The lowest BCUT2D eigenvalue weighted by Crippen LogP contribution is -2.27. The summed E-state index contributed by atoms with van der Waals surface area (Å²) in [7, 11) is 2.70. The van der Waals surface area contributed by atoms with Gasteiger partial charge in [0.05, 0.1) is 20.1 Å². The molecule has 0 unspecified atom stereocenters. The van der Waals surface area contributed by atoms with Gasteiger partial charge in [-0.3, -0.25) is 4.79 Å². The standard InChI is InChI=1S/C12H16O4/c1-15-11(13)9-6-7-4-3-5-8(7)10(9)12(14)16-2/h6-8,10H,3-5H2,1-2H3/t7-,8-,10+/m1/s1. The normalized spacial score (nSPS) is 31.9. The van der Waals surface area contributed by atoms with Crippen LogP contribution in [0, 0.1) is 17.8 Å². The molecule has 2 aliphatic carbocycles. The highest BCUT2D eigenvalue weighted by atomic mass is 16.5. The molecule has 0 amide bonds. The fraction of sp³-hybridized carbons (Fsp3) is 0.667. The van der Waals surface area contributed by atoms with Crippen LogP contribution in [-0.2, 0) is 19.1 Å². The van der Waals surface area contributed by atoms with Crippen molar-refractivity contribution in [2.45, 2.75) is 19.3 Å². The number of carbonyl (C=O) groups excluding carboxylic acids is 2. The van der Waals surface area contributed by atoms with Crippen molar-refractivity contribution in [1.82, 2.24) is 0 Å². The van der Waals surface area contributed by atoms with Crippen LogP contribution in [0.15, 0.2) is 11.6 Å². The quantitative estimate of drug-likeness (QED) is 0.663. The second-order valence-electron chi connectivity index (χ2n) is 4.37. The zero-order chi connectivity index (χ0) is 11.7. The number of hydrogen-bond donors (Lipinski definition) is 0.